The van der Waals surface area contributed by atoms with Crippen LogP contribution in [-0.4, -0.2) is 76.9 Å². The average molecular weight is 300 g/mol. The predicted octanol–water partition coefficient (Wildman–Crippen LogP) is -0.489. The number of aliphatic hydroxyl groups is 1. The molecule has 2 N–H and O–H groups in total. The third-order valence-corrected chi connectivity index (χ3v) is 4.11. The molecule has 2 rings (SSSR count). The fourth-order valence-corrected chi connectivity index (χ4v) is 2.91. The van der Waals surface area contributed by atoms with Crippen LogP contribution in [0, 0.1) is 5.92 Å². The minimum absolute atomic E-state index is 0.0345. The highest BCUT2D eigenvalue weighted by atomic mass is 16.5. The molecule has 0 saturated carbocycles. The maximum atomic E-state index is 12.4. The summed E-state index contributed by atoms with van der Waals surface area (Å²) in [7, 11) is 1.34. The van der Waals surface area contributed by atoms with Crippen LogP contribution in [0.15, 0.2) is 0 Å². The molecule has 0 unspecified atom stereocenters. The molecule has 2 aliphatic rings. The van der Waals surface area contributed by atoms with Crippen LogP contribution in [-0.2, 0) is 14.3 Å². The van der Waals surface area contributed by atoms with E-state index in [0.29, 0.717) is 25.9 Å². The first kappa shape index (κ1) is 15.6. The molecule has 0 aliphatic carbocycles. The summed E-state index contributed by atoms with van der Waals surface area (Å²) in [5.41, 5.74) is 0. The van der Waals surface area contributed by atoms with Crippen molar-refractivity contribution in [3.8, 4) is 0 Å². The van der Waals surface area contributed by atoms with E-state index in [1.807, 2.05) is 0 Å². The maximum Gasteiger partial charge on any atom is 0.326 e. The number of methoxy groups -OCH3 is 1. The number of ether oxygens (including phenoxy) is 1. The van der Waals surface area contributed by atoms with Crippen molar-refractivity contribution in [1.29, 1.82) is 0 Å². The number of likely N-dealkylation sites (tertiary alicyclic amines) is 2. The number of β-amino-alcohol motifs (C(OH)–C–C–N with tert-alkyl or cyclic N) is 1. The zero-order valence-electron chi connectivity index (χ0n) is 11.9. The Labute approximate surface area is 122 Å². The zero-order valence-corrected chi connectivity index (χ0v) is 11.9. The number of carboxylic acid groups (broad SMARTS) is 1. The van der Waals surface area contributed by atoms with E-state index in [0.717, 1.165) is 0 Å². The van der Waals surface area contributed by atoms with Gasteiger partial charge in [-0.2, -0.15) is 0 Å². The number of hydrogen-bond acceptors (Lipinski definition) is 5. The minimum Gasteiger partial charge on any atom is -0.480 e. The van der Waals surface area contributed by atoms with Crippen molar-refractivity contribution in [3.63, 3.8) is 0 Å². The molecule has 0 aromatic carbocycles. The quantitative estimate of drug-likeness (QED) is 0.666. The summed E-state index contributed by atoms with van der Waals surface area (Å²) in [6, 6.07) is -1.37. The molecule has 118 valence electrons. The van der Waals surface area contributed by atoms with Gasteiger partial charge < -0.3 is 24.7 Å². The van der Waals surface area contributed by atoms with E-state index in [-0.39, 0.29) is 30.9 Å². The number of carboxylic acids is 1. The van der Waals surface area contributed by atoms with Crippen LogP contribution in [0.1, 0.15) is 19.3 Å². The molecule has 2 amide bonds. The highest BCUT2D eigenvalue weighted by molar-refractivity contribution is 5.83. The van der Waals surface area contributed by atoms with Gasteiger partial charge in [0, 0.05) is 26.1 Å². The van der Waals surface area contributed by atoms with Gasteiger partial charge >= 0.3 is 18.0 Å². The number of urea groups is 1. The SMILES string of the molecule is COC(=O)C1CCN(C(=O)N2C[C@@H](O)C[C@H]2C(=O)O)CC1. The second-order valence-corrected chi connectivity index (χ2v) is 5.46. The topological polar surface area (TPSA) is 107 Å². The summed E-state index contributed by atoms with van der Waals surface area (Å²) >= 11 is 0. The molecule has 0 spiro atoms. The molecule has 2 aliphatic heterocycles. The van der Waals surface area contributed by atoms with Crippen molar-refractivity contribution in [2.45, 2.75) is 31.4 Å². The van der Waals surface area contributed by atoms with Gasteiger partial charge in [0.1, 0.15) is 6.04 Å². The van der Waals surface area contributed by atoms with Gasteiger partial charge in [-0.05, 0) is 12.8 Å². The van der Waals surface area contributed by atoms with E-state index in [9.17, 15) is 19.5 Å². The number of aliphatic hydroxyl groups excluding tert-OH is 1. The number of aliphatic carboxylic acids is 1. The standard InChI is InChI=1S/C13H20N2O6/c1-21-12(19)8-2-4-14(5-3-8)13(20)15-7-9(16)6-10(15)11(17)18/h8-10,16H,2-7H2,1H3,(H,17,18)/t9-,10-/m0/s1. The predicted molar refractivity (Wildman–Crippen MR) is 70.5 cm³/mol. The Balaban J connectivity index is 1.95. The molecule has 2 saturated heterocycles. The molecule has 0 radical (unpaired) electrons. The lowest BCUT2D eigenvalue weighted by atomic mass is 9.97. The first-order valence-electron chi connectivity index (χ1n) is 6.98. The van der Waals surface area contributed by atoms with Gasteiger partial charge in [0.2, 0.25) is 0 Å². The van der Waals surface area contributed by atoms with Gasteiger partial charge in [0.05, 0.1) is 19.1 Å². The highest BCUT2D eigenvalue weighted by Crippen LogP contribution is 2.24. The van der Waals surface area contributed by atoms with Crippen LogP contribution in [0.5, 0.6) is 0 Å². The van der Waals surface area contributed by atoms with E-state index in [2.05, 4.69) is 4.74 Å². The Morgan fingerprint density at radius 3 is 2.33 bits per heavy atom. The third kappa shape index (κ3) is 3.26. The number of amides is 2. The molecular weight excluding hydrogens is 280 g/mol. The largest absolute Gasteiger partial charge is 0.480 e. The summed E-state index contributed by atoms with van der Waals surface area (Å²) in [5.74, 6) is -1.59. The van der Waals surface area contributed by atoms with E-state index in [1.165, 1.54) is 16.9 Å². The molecular formula is C13H20N2O6. The number of carbonyl (C=O) groups is 3. The van der Waals surface area contributed by atoms with E-state index in [1.54, 1.807) is 0 Å². The van der Waals surface area contributed by atoms with Gasteiger partial charge in [-0.25, -0.2) is 9.59 Å². The maximum absolute atomic E-state index is 12.4. The fourth-order valence-electron chi connectivity index (χ4n) is 2.91. The smallest absolute Gasteiger partial charge is 0.326 e. The molecule has 8 nitrogen and oxygen atoms in total. The van der Waals surface area contributed by atoms with Crippen LogP contribution >= 0.6 is 0 Å². The van der Waals surface area contributed by atoms with Gasteiger partial charge in [-0.1, -0.05) is 0 Å². The second-order valence-electron chi connectivity index (χ2n) is 5.46. The lowest BCUT2D eigenvalue weighted by Crippen LogP contribution is -2.51. The summed E-state index contributed by atoms with van der Waals surface area (Å²) in [5, 5.41) is 18.7. The molecule has 0 aromatic heterocycles. The van der Waals surface area contributed by atoms with E-state index >= 15 is 0 Å². The lowest BCUT2D eigenvalue weighted by Gasteiger charge is -2.34. The molecule has 21 heavy (non-hydrogen) atoms. The van der Waals surface area contributed by atoms with Crippen molar-refractivity contribution >= 4 is 18.0 Å². The normalized spacial score (nSPS) is 26.8. The molecule has 2 fully saturated rings. The van der Waals surface area contributed by atoms with Crippen LogP contribution in [0.3, 0.4) is 0 Å². The van der Waals surface area contributed by atoms with Crippen molar-refractivity contribution in [1.82, 2.24) is 9.80 Å². The van der Waals surface area contributed by atoms with Gasteiger partial charge in [-0.3, -0.25) is 4.79 Å². The van der Waals surface area contributed by atoms with Crippen LogP contribution in [0.25, 0.3) is 0 Å². The molecule has 8 heteroatoms. The first-order valence-corrected chi connectivity index (χ1v) is 6.98. The molecule has 2 atom stereocenters. The van der Waals surface area contributed by atoms with Crippen LogP contribution < -0.4 is 0 Å². The fraction of sp³-hybridized carbons (Fsp3) is 0.769. The van der Waals surface area contributed by atoms with Gasteiger partial charge in [-0.15, -0.1) is 0 Å². The van der Waals surface area contributed by atoms with Crippen molar-refractivity contribution in [3.05, 3.63) is 0 Å². The summed E-state index contributed by atoms with van der Waals surface area (Å²) < 4.78 is 4.68. The Kier molecular flexibility index (Phi) is 4.66. The number of rotatable bonds is 2. The van der Waals surface area contributed by atoms with Crippen molar-refractivity contribution in [2.24, 2.45) is 5.92 Å². The van der Waals surface area contributed by atoms with E-state index in [4.69, 9.17) is 5.11 Å². The molecule has 0 bridgehead atoms. The molecule has 2 heterocycles. The number of hydrogen-bond donors (Lipinski definition) is 2. The Bertz CT molecular complexity index is 432. The van der Waals surface area contributed by atoms with Crippen molar-refractivity contribution in [2.75, 3.05) is 26.7 Å². The van der Waals surface area contributed by atoms with Crippen LogP contribution in [0.2, 0.25) is 0 Å². The van der Waals surface area contributed by atoms with E-state index < -0.39 is 18.1 Å². The molecule has 0 aromatic rings. The second kappa shape index (κ2) is 6.30. The number of nitrogens with zero attached hydrogens (tertiary/aromatic N) is 2. The third-order valence-electron chi connectivity index (χ3n) is 4.11. The summed E-state index contributed by atoms with van der Waals surface area (Å²) in [6.07, 6.45) is 0.265. The van der Waals surface area contributed by atoms with Gasteiger partial charge in [0.25, 0.3) is 0 Å². The number of carbonyl (C=O) groups excluding carboxylic acids is 2. The highest BCUT2D eigenvalue weighted by Gasteiger charge is 2.41. The Hall–Kier alpha value is -1.83. The first-order chi connectivity index (χ1) is 9.93. The number of piperidine rings is 1. The van der Waals surface area contributed by atoms with Gasteiger partial charge in [0.15, 0.2) is 0 Å². The zero-order chi connectivity index (χ0) is 15.6. The number of esters is 1. The summed E-state index contributed by atoms with van der Waals surface area (Å²) in [6.45, 7) is 0.807. The Morgan fingerprint density at radius 1 is 1.19 bits per heavy atom. The lowest BCUT2D eigenvalue weighted by molar-refractivity contribution is -0.146. The average Bonchev–Trinajstić information content (AvgIpc) is 2.88. The van der Waals surface area contributed by atoms with Crippen molar-refractivity contribution < 1.29 is 29.3 Å². The Morgan fingerprint density at radius 2 is 1.81 bits per heavy atom. The van der Waals surface area contributed by atoms with Crippen LogP contribution in [0.4, 0.5) is 4.79 Å². The summed E-state index contributed by atoms with van der Waals surface area (Å²) in [4.78, 5) is 37.7. The monoisotopic (exact) mass is 300 g/mol. The minimum atomic E-state index is -1.11.